The molecule has 0 bridgehead atoms. The van der Waals surface area contributed by atoms with E-state index >= 15 is 0 Å². The average molecular weight is 340 g/mol. The van der Waals surface area contributed by atoms with Crippen LogP contribution in [0.1, 0.15) is 29.7 Å². The molecule has 22 heavy (non-hydrogen) atoms. The summed E-state index contributed by atoms with van der Waals surface area (Å²) in [6, 6.07) is 14.9. The van der Waals surface area contributed by atoms with Crippen LogP contribution in [-0.2, 0) is 0 Å². The van der Waals surface area contributed by atoms with Crippen LogP contribution in [0.25, 0.3) is 0 Å². The van der Waals surface area contributed by atoms with Gasteiger partial charge in [0.2, 0.25) is 0 Å². The summed E-state index contributed by atoms with van der Waals surface area (Å²) in [7, 11) is 0. The SMILES string of the molecule is OCCC(NCC(O)c1ccc(Cl)cc1Cl)c1ccccc1. The molecular weight excluding hydrogens is 321 g/mol. The van der Waals surface area contributed by atoms with Crippen LogP contribution in [0.15, 0.2) is 48.5 Å². The highest BCUT2D eigenvalue weighted by atomic mass is 35.5. The zero-order valence-corrected chi connectivity index (χ0v) is 13.6. The van der Waals surface area contributed by atoms with Gasteiger partial charge in [0, 0.05) is 34.8 Å². The summed E-state index contributed by atoms with van der Waals surface area (Å²) >= 11 is 12.0. The fourth-order valence-corrected chi connectivity index (χ4v) is 2.87. The van der Waals surface area contributed by atoms with Gasteiger partial charge in [-0.3, -0.25) is 0 Å². The second kappa shape index (κ2) is 8.51. The average Bonchev–Trinajstić information content (AvgIpc) is 2.52. The van der Waals surface area contributed by atoms with Crippen LogP contribution < -0.4 is 5.32 Å². The van der Waals surface area contributed by atoms with Crippen molar-refractivity contribution in [2.24, 2.45) is 0 Å². The molecule has 0 radical (unpaired) electrons. The van der Waals surface area contributed by atoms with E-state index in [2.05, 4.69) is 5.32 Å². The molecular formula is C17H19Cl2NO2. The monoisotopic (exact) mass is 339 g/mol. The lowest BCUT2D eigenvalue weighted by Gasteiger charge is -2.21. The second-order valence-electron chi connectivity index (χ2n) is 5.07. The van der Waals surface area contributed by atoms with Gasteiger partial charge in [0.05, 0.1) is 6.10 Å². The van der Waals surface area contributed by atoms with Crippen LogP contribution >= 0.6 is 23.2 Å². The highest BCUT2D eigenvalue weighted by molar-refractivity contribution is 6.35. The Bertz CT molecular complexity index is 592. The summed E-state index contributed by atoms with van der Waals surface area (Å²) < 4.78 is 0. The van der Waals surface area contributed by atoms with E-state index in [4.69, 9.17) is 23.2 Å². The zero-order chi connectivity index (χ0) is 15.9. The lowest BCUT2D eigenvalue weighted by Crippen LogP contribution is -2.27. The molecule has 0 aromatic heterocycles. The first-order valence-corrected chi connectivity index (χ1v) is 7.89. The number of hydrogen-bond donors (Lipinski definition) is 3. The van der Waals surface area contributed by atoms with E-state index in [9.17, 15) is 10.2 Å². The van der Waals surface area contributed by atoms with E-state index in [-0.39, 0.29) is 12.6 Å². The molecule has 0 spiro atoms. The van der Waals surface area contributed by atoms with E-state index in [1.807, 2.05) is 30.3 Å². The number of halogens is 2. The van der Waals surface area contributed by atoms with Gasteiger partial charge in [-0.1, -0.05) is 59.6 Å². The number of nitrogens with one attached hydrogen (secondary N) is 1. The summed E-state index contributed by atoms with van der Waals surface area (Å²) in [5.74, 6) is 0. The maximum atomic E-state index is 10.3. The lowest BCUT2D eigenvalue weighted by molar-refractivity contribution is 0.165. The van der Waals surface area contributed by atoms with E-state index in [1.165, 1.54) is 0 Å². The molecule has 5 heteroatoms. The standard InChI is InChI=1S/C17H19Cl2NO2/c18-13-6-7-14(15(19)10-13)17(22)11-20-16(8-9-21)12-4-2-1-3-5-12/h1-7,10,16-17,20-22H,8-9,11H2. The number of benzene rings is 2. The fraction of sp³-hybridized carbons (Fsp3) is 0.294. The molecule has 0 aliphatic carbocycles. The Hall–Kier alpha value is -1.10. The van der Waals surface area contributed by atoms with Crippen molar-refractivity contribution in [3.8, 4) is 0 Å². The number of rotatable bonds is 7. The van der Waals surface area contributed by atoms with Crippen LogP contribution in [0.5, 0.6) is 0 Å². The number of hydrogen-bond acceptors (Lipinski definition) is 3. The highest BCUT2D eigenvalue weighted by Gasteiger charge is 2.15. The van der Waals surface area contributed by atoms with Gasteiger partial charge >= 0.3 is 0 Å². The van der Waals surface area contributed by atoms with E-state index in [0.29, 0.717) is 28.6 Å². The Labute approximate surface area is 140 Å². The van der Waals surface area contributed by atoms with Crippen molar-refractivity contribution in [3.63, 3.8) is 0 Å². The van der Waals surface area contributed by atoms with Gasteiger partial charge < -0.3 is 15.5 Å². The van der Waals surface area contributed by atoms with Crippen molar-refractivity contribution in [3.05, 3.63) is 69.7 Å². The first-order valence-electron chi connectivity index (χ1n) is 7.14. The molecule has 0 amide bonds. The fourth-order valence-electron chi connectivity index (χ4n) is 2.34. The third kappa shape index (κ3) is 4.70. The van der Waals surface area contributed by atoms with Crippen molar-refractivity contribution in [1.82, 2.24) is 5.32 Å². The van der Waals surface area contributed by atoms with E-state index in [0.717, 1.165) is 5.56 Å². The lowest BCUT2D eigenvalue weighted by atomic mass is 10.0. The van der Waals surface area contributed by atoms with Gasteiger partial charge in [0.1, 0.15) is 0 Å². The van der Waals surface area contributed by atoms with E-state index in [1.54, 1.807) is 18.2 Å². The van der Waals surface area contributed by atoms with Crippen LogP contribution in [0.3, 0.4) is 0 Å². The largest absolute Gasteiger partial charge is 0.396 e. The summed E-state index contributed by atoms with van der Waals surface area (Å²) in [5.41, 5.74) is 1.71. The first-order chi connectivity index (χ1) is 10.6. The molecule has 2 aromatic rings. The van der Waals surface area contributed by atoms with Gasteiger partial charge in [-0.15, -0.1) is 0 Å². The molecule has 2 unspecified atom stereocenters. The van der Waals surface area contributed by atoms with Crippen molar-refractivity contribution < 1.29 is 10.2 Å². The van der Waals surface area contributed by atoms with Crippen LogP contribution in [0.4, 0.5) is 0 Å². The first kappa shape index (κ1) is 17.3. The summed E-state index contributed by atoms with van der Waals surface area (Å²) in [6.45, 7) is 0.408. The smallest absolute Gasteiger partial charge is 0.0928 e. The third-order valence-electron chi connectivity index (χ3n) is 3.50. The molecule has 118 valence electrons. The van der Waals surface area contributed by atoms with Crippen molar-refractivity contribution in [2.75, 3.05) is 13.2 Å². The zero-order valence-electron chi connectivity index (χ0n) is 12.0. The molecule has 3 N–H and O–H groups in total. The molecule has 2 atom stereocenters. The third-order valence-corrected chi connectivity index (χ3v) is 4.06. The number of aliphatic hydroxyl groups excluding tert-OH is 2. The van der Waals surface area contributed by atoms with Gasteiger partial charge in [0.25, 0.3) is 0 Å². The molecule has 0 aliphatic heterocycles. The van der Waals surface area contributed by atoms with Gasteiger partial charge in [-0.2, -0.15) is 0 Å². The summed E-state index contributed by atoms with van der Waals surface area (Å²) in [5, 5.41) is 23.8. The maximum Gasteiger partial charge on any atom is 0.0928 e. The second-order valence-corrected chi connectivity index (χ2v) is 5.91. The predicted molar refractivity (Wildman–Crippen MR) is 90.3 cm³/mol. The minimum Gasteiger partial charge on any atom is -0.396 e. The molecule has 0 saturated carbocycles. The van der Waals surface area contributed by atoms with E-state index < -0.39 is 6.10 Å². The van der Waals surface area contributed by atoms with Crippen LogP contribution in [-0.4, -0.2) is 23.4 Å². The molecule has 3 nitrogen and oxygen atoms in total. The van der Waals surface area contributed by atoms with Crippen LogP contribution in [0.2, 0.25) is 10.0 Å². The van der Waals surface area contributed by atoms with Crippen molar-refractivity contribution in [2.45, 2.75) is 18.6 Å². The number of aliphatic hydroxyl groups is 2. The molecule has 0 heterocycles. The molecule has 0 aliphatic rings. The predicted octanol–water partition coefficient (Wildman–Crippen LogP) is 3.74. The molecule has 2 aromatic carbocycles. The topological polar surface area (TPSA) is 52.5 Å². The minimum atomic E-state index is -0.741. The van der Waals surface area contributed by atoms with Crippen molar-refractivity contribution in [1.29, 1.82) is 0 Å². The van der Waals surface area contributed by atoms with Crippen molar-refractivity contribution >= 4 is 23.2 Å². The van der Waals surface area contributed by atoms with Gasteiger partial charge in [0.15, 0.2) is 0 Å². The Morgan fingerprint density at radius 2 is 1.77 bits per heavy atom. The maximum absolute atomic E-state index is 10.3. The molecule has 0 saturated heterocycles. The highest BCUT2D eigenvalue weighted by Crippen LogP contribution is 2.26. The minimum absolute atomic E-state index is 0.0214. The Kier molecular flexibility index (Phi) is 6.68. The molecule has 0 fully saturated rings. The normalized spacial score (nSPS) is 13.8. The van der Waals surface area contributed by atoms with Gasteiger partial charge in [-0.05, 0) is 24.1 Å². The quantitative estimate of drug-likeness (QED) is 0.720. The Balaban J connectivity index is 2.02. The molecule has 2 rings (SSSR count). The van der Waals surface area contributed by atoms with Crippen LogP contribution in [0, 0.1) is 0 Å². The Morgan fingerprint density at radius 1 is 1.05 bits per heavy atom. The Morgan fingerprint density at radius 3 is 2.41 bits per heavy atom. The summed E-state index contributed by atoms with van der Waals surface area (Å²) in [6.07, 6.45) is -0.167. The van der Waals surface area contributed by atoms with Gasteiger partial charge in [-0.25, -0.2) is 0 Å². The summed E-state index contributed by atoms with van der Waals surface area (Å²) in [4.78, 5) is 0.